The molecule has 0 radical (unpaired) electrons. The molecule has 0 aromatic heterocycles. The number of hydrogen-bond acceptors (Lipinski definition) is 27. The minimum Gasteiger partial charge on any atom is -0.495 e. The zero-order valence-electron chi connectivity index (χ0n) is 75.6. The summed E-state index contributed by atoms with van der Waals surface area (Å²) in [4.78, 5) is 207. The lowest BCUT2D eigenvalue weighted by Crippen LogP contribution is -2.64. The fraction of sp³-hybridized carbons (Fsp3) is 0.527. The number of benzene rings is 4. The fourth-order valence-electron chi connectivity index (χ4n) is 16.5. The molecule has 4 saturated heterocycles. The summed E-state index contributed by atoms with van der Waals surface area (Å²) in [5, 5.41) is 64.3. The molecule has 4 aromatic rings. The van der Waals surface area contributed by atoms with Crippen molar-refractivity contribution in [3.05, 3.63) is 160 Å². The molecule has 5 aliphatic heterocycles. The smallest absolute Gasteiger partial charge is 0.409 e. The molecule has 4 bridgehead atoms. The number of carbonyl (C=O) groups excluding carboxylic acids is 14. The summed E-state index contributed by atoms with van der Waals surface area (Å²) in [6.07, 6.45) is -1.17. The van der Waals surface area contributed by atoms with Crippen molar-refractivity contribution in [1.82, 2.24) is 52.3 Å². The monoisotopic (exact) mass is 1900 g/mol. The maximum Gasteiger partial charge on any atom is 0.409 e. The van der Waals surface area contributed by atoms with Crippen LogP contribution in [-0.2, 0) is 107 Å². The molecule has 1 aliphatic carbocycles. The van der Waals surface area contributed by atoms with Gasteiger partial charge in [-0.25, -0.2) is 9.59 Å². The lowest BCUT2D eigenvalue weighted by Gasteiger charge is -2.42. The summed E-state index contributed by atoms with van der Waals surface area (Å²) < 4.78 is 29.8. The number of ether oxygens (including phenoxy) is 5. The van der Waals surface area contributed by atoms with Gasteiger partial charge in [0.2, 0.25) is 65.0 Å². The Kier molecular flexibility index (Phi) is 37.8. The first-order chi connectivity index (χ1) is 62.9. The van der Waals surface area contributed by atoms with Gasteiger partial charge in [0.25, 0.3) is 0 Å². The number of imide groups is 1. The molecule has 716 valence electrons. The van der Waals surface area contributed by atoms with Gasteiger partial charge < -0.3 is 96.9 Å². The molecule has 19 atom stereocenters. The molecule has 1 unspecified atom stereocenters. The number of carbonyl (C=O) groups is 14. The number of esters is 1. The number of fused-ring (bicyclic) bond motifs is 6. The maximum absolute atomic E-state index is 15.5. The summed E-state index contributed by atoms with van der Waals surface area (Å²) in [7, 11) is 7.57. The average molecular weight is 1910 g/mol. The van der Waals surface area contributed by atoms with E-state index in [1.165, 1.54) is 54.0 Å². The van der Waals surface area contributed by atoms with E-state index in [2.05, 4.69) is 42.5 Å². The third-order valence-electron chi connectivity index (χ3n) is 24.7. The predicted molar refractivity (Wildman–Crippen MR) is 496 cm³/mol. The normalized spacial score (nSPS) is 27.3. The number of epoxide rings is 1. The highest BCUT2D eigenvalue weighted by Crippen LogP contribution is 2.50. The van der Waals surface area contributed by atoms with Gasteiger partial charge in [-0.1, -0.05) is 155 Å². The Hall–Kier alpha value is -10.3. The number of nitrogens with one attached hydrogen (secondary N) is 8. The second-order valence-corrected chi connectivity index (χ2v) is 38.6. The first-order valence-corrected chi connectivity index (χ1v) is 48.0. The van der Waals surface area contributed by atoms with Crippen LogP contribution in [0.3, 0.4) is 0 Å². The SMILES string of the molecule is COc1cc2cc(c1Cl)N(C)C(=O)C[C@H](OC(=O)[C@H](C)N(C)C(=O)CCSC1CC(=O)N(CC(=O)N[C@H](Cc3ccccc3)C(=O)N[C@H]3CSSC[C@@H](C(=O)N[C@H](CO)[C@@H](C)O)NC(=O)[C@H]([C@@H](C)O)NC(=O)[C@H](CCCCN)NC(=O)[C@@H](CC4=CCc5ccccc54)NC(=O)[C@H](Cc4ccccc4)CC3=O)C1=O)[C@]1(C)O[C@H]1[C@H](C)[C@@H]1C[C@@](O)(NC(=O)O1)[C@H](OC)C/C=C/C=C(\C)C2. The lowest BCUT2D eigenvalue weighted by atomic mass is 9.83. The Morgan fingerprint density at radius 3 is 2.17 bits per heavy atom. The van der Waals surface area contributed by atoms with Gasteiger partial charge in [-0.15, -0.1) is 11.8 Å². The van der Waals surface area contributed by atoms with E-state index < -0.39 is 229 Å². The topological polar surface area (TPSA) is 501 Å². The summed E-state index contributed by atoms with van der Waals surface area (Å²) in [5.74, 6) is -13.2. The van der Waals surface area contributed by atoms with Crippen molar-refractivity contribution in [3.63, 3.8) is 0 Å². The Labute approximate surface area is 784 Å². The Bertz CT molecular complexity index is 4940. The molecule has 0 spiro atoms. The molecule has 39 heteroatoms. The van der Waals surface area contributed by atoms with E-state index in [1.807, 2.05) is 49.4 Å². The molecule has 4 fully saturated rings. The van der Waals surface area contributed by atoms with Crippen LogP contribution in [0, 0.1) is 11.8 Å². The van der Waals surface area contributed by atoms with E-state index in [9.17, 15) is 68.4 Å². The molecule has 0 saturated carbocycles. The van der Waals surface area contributed by atoms with Crippen LogP contribution in [0.2, 0.25) is 5.02 Å². The average Bonchev–Trinajstić information content (AvgIpc) is 1.57. The van der Waals surface area contributed by atoms with Gasteiger partial charge in [0.1, 0.15) is 77.5 Å². The number of aliphatic hydroxyl groups is 4. The standard InChI is InChI=1S/C93H121ClN12O23S3/c1-51-23-17-20-31-74(126-10)93(124)46-72(127-91(123)103-93)52(2)82-92(6,129-82)75(45-78(113)105(8)69-40-58(37-51)41-71(125-9)80(69)94)128-90(122)53(3)104(7)77(112)34-36-130-73-44-79(114)106(89(73)121)47-76(111)96-64(39-57-26-15-12-16-27-57)85(117)100-67-49-131-132-50-68(87(119)99-66(48-107)54(4)108)101-88(120)81(55(5)109)102-84(116)63(30-21-22-35-95)97-86(118)65(42-60-33-32-59-28-18-19-29-62(59)60)98-83(115)61(43-70(67)110)38-56-24-13-11-14-25-56/h11-20,23-29,33,40-41,52-55,61,63-68,72-75,81-82,107-109,124H,21-22,30-32,34-39,42-50,95H2,1-10H3,(H,96,111)(H,97,118)(H,98,115)(H,99,119)(H,100,117)(H,101,120)(H,102,116)(H,103,123)/b20-17+,51-23+/t52-,53+,54-,55-,61-,63+,64-,65-,66-,67+,68+,72+,73?,74-,75+,81+,82+,92+,93+/m1/s1. The number of likely N-dealkylation sites (N-methyl/N-ethyl adjacent to an activating group) is 1. The number of allylic oxidation sites excluding steroid dienone is 4. The molecule has 4 aromatic carbocycles. The summed E-state index contributed by atoms with van der Waals surface area (Å²) in [6.45, 7) is 7.79. The minimum absolute atomic E-state index is 0.0328. The lowest BCUT2D eigenvalue weighted by molar-refractivity contribution is -0.162. The first-order valence-electron chi connectivity index (χ1n) is 44.1. The number of aliphatic hydroxyl groups excluding tert-OH is 3. The van der Waals surface area contributed by atoms with Crippen LogP contribution in [0.15, 0.2) is 127 Å². The van der Waals surface area contributed by atoms with Crippen molar-refractivity contribution in [2.75, 3.05) is 70.2 Å². The summed E-state index contributed by atoms with van der Waals surface area (Å²) in [5.41, 5.74) is 8.03. The van der Waals surface area contributed by atoms with Crippen LogP contribution < -0.4 is 57.9 Å². The quantitative estimate of drug-likeness (QED) is 0.0120. The molecule has 35 nitrogen and oxygen atoms in total. The number of halogens is 1. The minimum atomic E-state index is -1.91. The highest BCUT2D eigenvalue weighted by Gasteiger charge is 2.65. The third kappa shape index (κ3) is 27.5. The second kappa shape index (κ2) is 48.1. The van der Waals surface area contributed by atoms with Crippen LogP contribution in [0.4, 0.5) is 10.5 Å². The number of thioether (sulfide) groups is 1. The van der Waals surface area contributed by atoms with Crippen molar-refractivity contribution in [1.29, 1.82) is 0 Å². The number of Topliss-reactive ketones (excluding diaryl/α,β-unsaturated/α-hetero) is 1. The van der Waals surface area contributed by atoms with Crippen molar-refractivity contribution >= 4 is 139 Å². The van der Waals surface area contributed by atoms with Crippen molar-refractivity contribution in [3.8, 4) is 5.75 Å². The maximum atomic E-state index is 15.5. The number of ketones is 1. The van der Waals surface area contributed by atoms with Crippen LogP contribution in [0.5, 0.6) is 5.75 Å². The van der Waals surface area contributed by atoms with Gasteiger partial charge in [-0.3, -0.25) is 67.8 Å². The van der Waals surface area contributed by atoms with Gasteiger partial charge in [-0.2, -0.15) is 0 Å². The van der Waals surface area contributed by atoms with E-state index in [4.69, 9.17) is 41.0 Å². The van der Waals surface area contributed by atoms with E-state index in [0.29, 0.717) is 36.0 Å². The number of nitrogens with two attached hydrogens (primary N) is 1. The highest BCUT2D eigenvalue weighted by atomic mass is 35.5. The zero-order valence-corrected chi connectivity index (χ0v) is 78.8. The molecular weight excluding hydrogens is 1780 g/mol. The van der Waals surface area contributed by atoms with Crippen molar-refractivity contribution in [2.45, 2.75) is 233 Å². The second-order valence-electron chi connectivity index (χ2n) is 34.4. The third-order valence-corrected chi connectivity index (χ3v) is 28.7. The van der Waals surface area contributed by atoms with Crippen molar-refractivity contribution in [2.24, 2.45) is 17.6 Å². The molecule has 14 N–H and O–H groups in total. The summed E-state index contributed by atoms with van der Waals surface area (Å²) >= 11 is 7.86. The van der Waals surface area contributed by atoms with Crippen LogP contribution in [0.1, 0.15) is 134 Å². The van der Waals surface area contributed by atoms with E-state index in [-0.39, 0.29) is 91.6 Å². The molecule has 132 heavy (non-hydrogen) atoms. The predicted octanol–water partition coefficient (Wildman–Crippen LogP) is 3.92. The van der Waals surface area contributed by atoms with Gasteiger partial charge in [0, 0.05) is 88.8 Å². The number of alkyl carbamates (subject to hydrolysis) is 1. The Morgan fingerprint density at radius 2 is 1.49 bits per heavy atom. The molecule has 12 amide bonds. The van der Waals surface area contributed by atoms with Crippen molar-refractivity contribution < 1.29 is 111 Å². The fourth-order valence-corrected chi connectivity index (χ4v) is 20.3. The van der Waals surface area contributed by atoms with E-state index >= 15 is 19.2 Å². The van der Waals surface area contributed by atoms with Gasteiger partial charge in [-0.05, 0) is 132 Å². The van der Waals surface area contributed by atoms with E-state index in [0.717, 1.165) is 65.4 Å². The molecule has 10 rings (SSSR count). The van der Waals surface area contributed by atoms with Gasteiger partial charge in [0.15, 0.2) is 11.5 Å². The number of methoxy groups -OCH3 is 2. The Morgan fingerprint density at radius 1 is 0.811 bits per heavy atom. The van der Waals surface area contributed by atoms with Gasteiger partial charge >= 0.3 is 12.1 Å². The van der Waals surface area contributed by atoms with Crippen LogP contribution in [-0.4, -0.2) is 280 Å². The zero-order chi connectivity index (χ0) is 96.0. The van der Waals surface area contributed by atoms with Crippen LogP contribution >= 0.6 is 45.0 Å². The largest absolute Gasteiger partial charge is 0.495 e. The summed E-state index contributed by atoms with van der Waals surface area (Å²) in [6, 6.07) is 16.3. The Balaban J connectivity index is 0.851. The molecule has 6 aliphatic rings. The number of amides is 12. The number of rotatable bonds is 29. The molecule has 5 heterocycles. The van der Waals surface area contributed by atoms with E-state index in [1.54, 1.807) is 92.7 Å². The number of nitrogens with zero attached hydrogens (tertiary/aromatic N) is 3. The van der Waals surface area contributed by atoms with Crippen LogP contribution in [0.25, 0.3) is 5.57 Å². The molecular formula is C93H121ClN12O23S3. The number of unbranched alkanes of at least 4 members (excludes halogenated alkanes) is 1. The number of likely N-dealkylation sites (tertiary alicyclic amines) is 1. The number of anilines is 1. The number of hydrogen-bond donors (Lipinski definition) is 13. The first kappa shape index (κ1) is 104. The van der Waals surface area contributed by atoms with Gasteiger partial charge in [0.05, 0.1) is 61.5 Å². The highest BCUT2D eigenvalue weighted by molar-refractivity contribution is 8.76.